The zero-order valence-electron chi connectivity index (χ0n) is 14.1. The van der Waals surface area contributed by atoms with E-state index in [9.17, 15) is 17.6 Å². The molecule has 0 radical (unpaired) electrons. The molecule has 9 heteroatoms. The predicted molar refractivity (Wildman–Crippen MR) is 106 cm³/mol. The Kier molecular flexibility index (Phi) is 4.65. The van der Waals surface area contributed by atoms with Crippen molar-refractivity contribution in [2.45, 2.75) is 11.3 Å². The number of anilines is 2. The van der Waals surface area contributed by atoms with Crippen molar-refractivity contribution in [2.24, 2.45) is 4.99 Å². The van der Waals surface area contributed by atoms with Crippen LogP contribution in [-0.2, 0) is 9.84 Å². The summed E-state index contributed by atoms with van der Waals surface area (Å²) < 4.78 is 36.2. The van der Waals surface area contributed by atoms with Gasteiger partial charge in [-0.15, -0.1) is 0 Å². The number of amides is 1. The first-order chi connectivity index (χ1) is 12.9. The molecule has 1 fully saturated rings. The number of benzene rings is 2. The number of amidine groups is 1. The summed E-state index contributed by atoms with van der Waals surface area (Å²) in [7, 11) is -2.98. The number of nitrogens with one attached hydrogen (secondary N) is 2. The number of halogens is 1. The number of carbonyl (C=O) groups is 1. The van der Waals surface area contributed by atoms with Crippen LogP contribution in [0.2, 0.25) is 0 Å². The number of fused-ring (bicyclic) bond motifs is 1. The van der Waals surface area contributed by atoms with Gasteiger partial charge >= 0.3 is 0 Å². The molecular weight excluding hydrogens is 389 g/mol. The van der Waals surface area contributed by atoms with Crippen LogP contribution in [-0.4, -0.2) is 42.3 Å². The van der Waals surface area contributed by atoms with E-state index in [0.29, 0.717) is 22.1 Å². The zero-order chi connectivity index (χ0) is 19.0. The van der Waals surface area contributed by atoms with Crippen LogP contribution in [0.5, 0.6) is 0 Å². The lowest BCUT2D eigenvalue weighted by Crippen LogP contribution is -2.14. The number of thioether (sulfide) groups is 1. The molecule has 1 amide bonds. The van der Waals surface area contributed by atoms with E-state index in [4.69, 9.17) is 0 Å². The zero-order valence-corrected chi connectivity index (χ0v) is 15.7. The lowest BCUT2D eigenvalue weighted by molar-refractivity contribution is 0.102. The number of sulfone groups is 1. The van der Waals surface area contributed by atoms with Crippen LogP contribution in [0.3, 0.4) is 0 Å². The van der Waals surface area contributed by atoms with E-state index in [1.807, 2.05) is 6.07 Å². The maximum atomic E-state index is 13.0. The summed E-state index contributed by atoms with van der Waals surface area (Å²) in [5.41, 5.74) is 1.64. The number of rotatable bonds is 3. The van der Waals surface area contributed by atoms with Gasteiger partial charge in [-0.05, 0) is 42.5 Å². The molecule has 4 rings (SSSR count). The minimum Gasteiger partial charge on any atom is -0.335 e. The Morgan fingerprint density at radius 1 is 1.11 bits per heavy atom. The van der Waals surface area contributed by atoms with Gasteiger partial charge in [0.25, 0.3) is 5.91 Å². The van der Waals surface area contributed by atoms with E-state index in [0.717, 1.165) is 0 Å². The number of nitrogens with zero attached hydrogens (tertiary/aromatic N) is 1. The highest BCUT2D eigenvalue weighted by Crippen LogP contribution is 2.34. The summed E-state index contributed by atoms with van der Waals surface area (Å²) in [5, 5.41) is 6.49. The molecule has 27 heavy (non-hydrogen) atoms. The van der Waals surface area contributed by atoms with E-state index < -0.39 is 9.84 Å². The number of hydrogen-bond donors (Lipinski definition) is 2. The van der Waals surface area contributed by atoms with Crippen molar-refractivity contribution in [3.8, 4) is 0 Å². The molecule has 0 aromatic heterocycles. The molecule has 1 saturated heterocycles. The maximum absolute atomic E-state index is 13.0. The third-order valence-corrected chi connectivity index (χ3v) is 7.44. The highest BCUT2D eigenvalue weighted by atomic mass is 32.2. The average molecular weight is 405 g/mol. The molecule has 6 nitrogen and oxygen atoms in total. The molecule has 0 spiro atoms. The molecule has 0 saturated carbocycles. The minimum absolute atomic E-state index is 0.0394. The Balaban J connectivity index is 1.44. The van der Waals surface area contributed by atoms with Crippen LogP contribution in [0.1, 0.15) is 10.4 Å². The molecule has 140 valence electrons. The second-order valence-electron chi connectivity index (χ2n) is 6.40. The quantitative estimate of drug-likeness (QED) is 0.820. The van der Waals surface area contributed by atoms with Gasteiger partial charge in [0.1, 0.15) is 5.82 Å². The Hall–Kier alpha value is -2.39. The van der Waals surface area contributed by atoms with Crippen LogP contribution < -0.4 is 10.6 Å². The second kappa shape index (κ2) is 6.97. The molecule has 2 heterocycles. The normalized spacial score (nSPS) is 22.8. The first-order valence-electron chi connectivity index (χ1n) is 8.27. The monoisotopic (exact) mass is 405 g/mol. The topological polar surface area (TPSA) is 87.6 Å². The first-order valence-corrected chi connectivity index (χ1v) is 11.0. The Labute approximate surface area is 160 Å². The van der Waals surface area contributed by atoms with Crippen LogP contribution >= 0.6 is 11.8 Å². The number of hydrogen-bond acceptors (Lipinski definition) is 6. The van der Waals surface area contributed by atoms with Crippen molar-refractivity contribution < 1.29 is 17.6 Å². The molecular formula is C18H16FN3O3S2. The molecule has 2 aliphatic heterocycles. The van der Waals surface area contributed by atoms with E-state index in [1.165, 1.54) is 36.0 Å². The van der Waals surface area contributed by atoms with Crippen LogP contribution in [0.4, 0.5) is 15.8 Å². The fourth-order valence-electron chi connectivity index (χ4n) is 3.01. The highest BCUT2D eigenvalue weighted by molar-refractivity contribution is 8.15. The molecule has 2 aromatic rings. The van der Waals surface area contributed by atoms with Gasteiger partial charge in [-0.1, -0.05) is 17.8 Å². The molecule has 2 atom stereocenters. The fraction of sp³-hybridized carbons (Fsp3) is 0.222. The Morgan fingerprint density at radius 2 is 1.89 bits per heavy atom. The summed E-state index contributed by atoms with van der Waals surface area (Å²) in [5.74, 6) is -0.437. The van der Waals surface area contributed by atoms with Crippen LogP contribution in [0.15, 0.2) is 53.5 Å². The highest BCUT2D eigenvalue weighted by Gasteiger charge is 2.42. The van der Waals surface area contributed by atoms with Gasteiger partial charge in [0, 0.05) is 22.2 Å². The Bertz CT molecular complexity index is 1020. The smallest absolute Gasteiger partial charge is 0.255 e. The van der Waals surface area contributed by atoms with Gasteiger partial charge in [-0.3, -0.25) is 9.79 Å². The fourth-order valence-corrected chi connectivity index (χ4v) is 6.69. The molecule has 2 aliphatic rings. The third kappa shape index (κ3) is 4.14. The number of aliphatic imine (C=N–C) groups is 1. The summed E-state index contributed by atoms with van der Waals surface area (Å²) in [6.07, 6.45) is 0. The van der Waals surface area contributed by atoms with Gasteiger partial charge in [0.2, 0.25) is 0 Å². The minimum atomic E-state index is -2.98. The van der Waals surface area contributed by atoms with Crippen molar-refractivity contribution in [1.29, 1.82) is 0 Å². The average Bonchev–Trinajstić information content (AvgIpc) is 3.09. The molecule has 0 unspecified atom stereocenters. The van der Waals surface area contributed by atoms with E-state index >= 15 is 0 Å². The van der Waals surface area contributed by atoms with Gasteiger partial charge in [0.05, 0.1) is 17.5 Å². The summed E-state index contributed by atoms with van der Waals surface area (Å²) in [4.78, 5) is 16.8. The van der Waals surface area contributed by atoms with Crippen LogP contribution in [0.25, 0.3) is 0 Å². The van der Waals surface area contributed by atoms with Crippen LogP contribution in [0, 0.1) is 5.82 Å². The van der Waals surface area contributed by atoms with Gasteiger partial charge in [-0.25, -0.2) is 12.8 Å². The van der Waals surface area contributed by atoms with Crippen molar-refractivity contribution in [3.63, 3.8) is 0 Å². The lowest BCUT2D eigenvalue weighted by Gasteiger charge is -2.09. The van der Waals surface area contributed by atoms with Crippen molar-refractivity contribution in [1.82, 2.24) is 0 Å². The van der Waals surface area contributed by atoms with Crippen molar-refractivity contribution in [2.75, 3.05) is 22.1 Å². The maximum Gasteiger partial charge on any atom is 0.255 e. The molecule has 2 aromatic carbocycles. The number of carbonyl (C=O) groups excluding carboxylic acids is 1. The third-order valence-electron chi connectivity index (χ3n) is 4.30. The SMILES string of the molecule is O=C(Nc1ccc(F)cc1)c1cccc(NC2=N[C@@H]3CS(=O)(=O)C[C@H]3S2)c1. The van der Waals surface area contributed by atoms with E-state index in [1.54, 1.807) is 18.2 Å². The Morgan fingerprint density at radius 3 is 2.63 bits per heavy atom. The van der Waals surface area contributed by atoms with Gasteiger partial charge < -0.3 is 10.6 Å². The van der Waals surface area contributed by atoms with E-state index in [-0.39, 0.29) is 34.5 Å². The molecule has 0 bridgehead atoms. The van der Waals surface area contributed by atoms with Crippen molar-refractivity contribution in [3.05, 3.63) is 59.9 Å². The van der Waals surface area contributed by atoms with E-state index in [2.05, 4.69) is 15.6 Å². The summed E-state index contributed by atoms with van der Waals surface area (Å²) >= 11 is 1.42. The standard InChI is InChI=1S/C18H16FN3O3S2/c19-12-4-6-13(7-5-12)20-17(23)11-2-1-3-14(8-11)21-18-22-15-9-27(24,25)10-16(15)26-18/h1-8,15-16H,9-10H2,(H,20,23)(H,21,22)/t15-,16-/m1/s1. The molecule has 2 N–H and O–H groups in total. The van der Waals surface area contributed by atoms with Crippen molar-refractivity contribution >= 4 is 44.0 Å². The summed E-state index contributed by atoms with van der Waals surface area (Å²) in [6, 6.07) is 12.3. The van der Waals surface area contributed by atoms with Gasteiger partial charge in [-0.2, -0.15) is 0 Å². The second-order valence-corrected chi connectivity index (χ2v) is 9.78. The summed E-state index contributed by atoms with van der Waals surface area (Å²) in [6.45, 7) is 0. The van der Waals surface area contributed by atoms with Gasteiger partial charge in [0.15, 0.2) is 15.0 Å². The first kappa shape index (κ1) is 18.0. The lowest BCUT2D eigenvalue weighted by atomic mass is 10.2. The molecule has 0 aliphatic carbocycles. The largest absolute Gasteiger partial charge is 0.335 e. The predicted octanol–water partition coefficient (Wildman–Crippen LogP) is 2.76.